The molecule has 2 aromatic carbocycles. The molecule has 2 heterocycles. The van der Waals surface area contributed by atoms with E-state index in [4.69, 9.17) is 4.74 Å². The van der Waals surface area contributed by atoms with Crippen LogP contribution in [0, 0.1) is 13.8 Å². The van der Waals surface area contributed by atoms with Gasteiger partial charge in [0.25, 0.3) is 0 Å². The first-order valence-corrected chi connectivity index (χ1v) is 11.4. The van der Waals surface area contributed by atoms with Gasteiger partial charge in [-0.25, -0.2) is 4.68 Å². The first kappa shape index (κ1) is 21.2. The molecule has 4 rings (SSSR count). The van der Waals surface area contributed by atoms with Crippen LogP contribution in [0.2, 0.25) is 0 Å². The van der Waals surface area contributed by atoms with Crippen molar-refractivity contribution < 1.29 is 9.53 Å². The largest absolute Gasteiger partial charge is 0.494 e. The predicted octanol–water partition coefficient (Wildman–Crippen LogP) is 4.25. The summed E-state index contributed by atoms with van der Waals surface area (Å²) < 4.78 is 7.47. The molecule has 3 aromatic rings. The van der Waals surface area contributed by atoms with Crippen molar-refractivity contribution in [1.82, 2.24) is 14.9 Å². The highest BCUT2D eigenvalue weighted by molar-refractivity contribution is 8.00. The van der Waals surface area contributed by atoms with Crippen LogP contribution in [0.4, 0.5) is 5.69 Å². The molecule has 7 nitrogen and oxygen atoms in total. The molecular formula is C23H27N5O2S. The summed E-state index contributed by atoms with van der Waals surface area (Å²) in [5.41, 5.74) is 7.50. The van der Waals surface area contributed by atoms with Crippen LogP contribution in [-0.2, 0) is 11.2 Å². The number of anilines is 1. The van der Waals surface area contributed by atoms with Crippen molar-refractivity contribution in [1.29, 1.82) is 0 Å². The SMILES string of the molecule is CCOc1ccc([C@@H]2Nn3c(CC)nnc3S[C@@H]2C(=O)Nc2ccc(C)cc2C)cc1. The number of benzene rings is 2. The second-order valence-corrected chi connectivity index (χ2v) is 8.65. The molecule has 1 amide bonds. The van der Waals surface area contributed by atoms with E-state index in [2.05, 4.69) is 27.0 Å². The van der Waals surface area contributed by atoms with Crippen molar-refractivity contribution in [3.63, 3.8) is 0 Å². The molecule has 0 saturated heterocycles. The van der Waals surface area contributed by atoms with Crippen molar-refractivity contribution >= 4 is 23.4 Å². The third-order valence-corrected chi connectivity index (χ3v) is 6.48. The molecule has 0 spiro atoms. The Bertz CT molecular complexity index is 1080. The van der Waals surface area contributed by atoms with E-state index in [0.717, 1.165) is 40.4 Å². The number of ether oxygens (including phenoxy) is 1. The highest BCUT2D eigenvalue weighted by Gasteiger charge is 2.37. The number of aromatic nitrogens is 3. The van der Waals surface area contributed by atoms with Gasteiger partial charge in [0.2, 0.25) is 11.1 Å². The molecule has 1 aliphatic heterocycles. The Morgan fingerprint density at radius 1 is 1.16 bits per heavy atom. The number of carbonyl (C=O) groups is 1. The Balaban J connectivity index is 1.65. The van der Waals surface area contributed by atoms with Gasteiger partial charge in [-0.05, 0) is 50.1 Å². The number of nitrogens with zero attached hydrogens (tertiary/aromatic N) is 3. The van der Waals surface area contributed by atoms with Gasteiger partial charge in [0.1, 0.15) is 11.0 Å². The van der Waals surface area contributed by atoms with Gasteiger partial charge in [0, 0.05) is 12.1 Å². The quantitative estimate of drug-likeness (QED) is 0.600. The normalized spacial score (nSPS) is 17.5. The zero-order valence-corrected chi connectivity index (χ0v) is 19.0. The number of hydrogen-bond donors (Lipinski definition) is 2. The fraction of sp³-hybridized carbons (Fsp3) is 0.348. The summed E-state index contributed by atoms with van der Waals surface area (Å²) >= 11 is 1.43. The van der Waals surface area contributed by atoms with Crippen molar-refractivity contribution in [2.75, 3.05) is 17.3 Å². The fourth-order valence-corrected chi connectivity index (χ4v) is 4.77. The zero-order chi connectivity index (χ0) is 22.0. The first-order chi connectivity index (χ1) is 15.0. The van der Waals surface area contributed by atoms with Crippen LogP contribution in [0.1, 0.15) is 42.4 Å². The Labute approximate surface area is 186 Å². The average Bonchev–Trinajstić information content (AvgIpc) is 3.17. The smallest absolute Gasteiger partial charge is 0.240 e. The molecule has 0 aliphatic carbocycles. The van der Waals surface area contributed by atoms with Crippen molar-refractivity contribution in [2.24, 2.45) is 0 Å². The molecular weight excluding hydrogens is 410 g/mol. The average molecular weight is 438 g/mol. The van der Waals surface area contributed by atoms with Crippen LogP contribution in [0.25, 0.3) is 0 Å². The Hall–Kier alpha value is -3.00. The number of nitrogens with one attached hydrogen (secondary N) is 2. The maximum absolute atomic E-state index is 13.4. The van der Waals surface area contributed by atoms with Crippen LogP contribution in [-0.4, -0.2) is 32.6 Å². The van der Waals surface area contributed by atoms with Crippen LogP contribution in [0.5, 0.6) is 5.75 Å². The van der Waals surface area contributed by atoms with Gasteiger partial charge in [0.05, 0.1) is 12.6 Å². The van der Waals surface area contributed by atoms with E-state index in [1.807, 2.05) is 68.8 Å². The summed E-state index contributed by atoms with van der Waals surface area (Å²) in [4.78, 5) is 13.4. The molecule has 162 valence electrons. The molecule has 8 heteroatoms. The summed E-state index contributed by atoms with van der Waals surface area (Å²) in [6.45, 7) is 8.65. The van der Waals surface area contributed by atoms with E-state index >= 15 is 0 Å². The Morgan fingerprint density at radius 3 is 2.61 bits per heavy atom. The Morgan fingerprint density at radius 2 is 1.94 bits per heavy atom. The van der Waals surface area contributed by atoms with E-state index < -0.39 is 5.25 Å². The van der Waals surface area contributed by atoms with Gasteiger partial charge in [-0.2, -0.15) is 0 Å². The third kappa shape index (κ3) is 4.39. The van der Waals surface area contributed by atoms with Gasteiger partial charge in [-0.1, -0.05) is 48.5 Å². The Kier molecular flexibility index (Phi) is 6.18. The van der Waals surface area contributed by atoms with Crippen molar-refractivity contribution in [3.05, 3.63) is 65.0 Å². The number of fused-ring (bicyclic) bond motifs is 1. The van der Waals surface area contributed by atoms with Gasteiger partial charge in [-0.15, -0.1) is 10.2 Å². The maximum Gasteiger partial charge on any atom is 0.240 e. The number of carbonyl (C=O) groups excluding carboxylic acids is 1. The second-order valence-electron chi connectivity index (χ2n) is 7.54. The topological polar surface area (TPSA) is 81.1 Å². The number of amides is 1. The lowest BCUT2D eigenvalue weighted by Gasteiger charge is -2.33. The highest BCUT2D eigenvalue weighted by atomic mass is 32.2. The van der Waals surface area contributed by atoms with E-state index in [1.54, 1.807) is 0 Å². The van der Waals surface area contributed by atoms with Crippen LogP contribution < -0.4 is 15.5 Å². The number of rotatable bonds is 6. The minimum Gasteiger partial charge on any atom is -0.494 e. The van der Waals surface area contributed by atoms with Crippen LogP contribution >= 0.6 is 11.8 Å². The highest BCUT2D eigenvalue weighted by Crippen LogP contribution is 2.38. The molecule has 0 fully saturated rings. The molecule has 0 unspecified atom stereocenters. The van der Waals surface area contributed by atoms with E-state index in [9.17, 15) is 4.79 Å². The lowest BCUT2D eigenvalue weighted by Crippen LogP contribution is -2.41. The number of hydrogen-bond acceptors (Lipinski definition) is 6. The van der Waals surface area contributed by atoms with E-state index in [1.165, 1.54) is 11.8 Å². The standard InChI is InChI=1S/C23H27N5O2S/c1-5-19-25-26-23-28(19)27-20(16-8-10-17(11-9-16)30-6-2)21(31-23)22(29)24-18-12-7-14(3)13-15(18)4/h7-13,20-21,27H,5-6H2,1-4H3,(H,24,29)/t20-,21-/m0/s1. The maximum atomic E-state index is 13.4. The monoisotopic (exact) mass is 437 g/mol. The van der Waals surface area contributed by atoms with Gasteiger partial charge < -0.3 is 15.5 Å². The summed E-state index contributed by atoms with van der Waals surface area (Å²) in [7, 11) is 0. The van der Waals surface area contributed by atoms with E-state index in [0.29, 0.717) is 11.8 Å². The summed E-state index contributed by atoms with van der Waals surface area (Å²) in [5, 5.41) is 11.9. The summed E-state index contributed by atoms with van der Waals surface area (Å²) in [6.07, 6.45) is 0.746. The molecule has 31 heavy (non-hydrogen) atoms. The van der Waals surface area contributed by atoms with Crippen molar-refractivity contribution in [3.8, 4) is 5.75 Å². The lowest BCUT2D eigenvalue weighted by molar-refractivity contribution is -0.116. The molecule has 0 radical (unpaired) electrons. The van der Waals surface area contributed by atoms with Gasteiger partial charge >= 0.3 is 0 Å². The van der Waals surface area contributed by atoms with Gasteiger partial charge in [-0.3, -0.25) is 4.79 Å². The van der Waals surface area contributed by atoms with E-state index in [-0.39, 0.29) is 11.9 Å². The lowest BCUT2D eigenvalue weighted by atomic mass is 10.0. The summed E-state index contributed by atoms with van der Waals surface area (Å²) in [6, 6.07) is 13.6. The fourth-order valence-electron chi connectivity index (χ4n) is 3.67. The number of thioether (sulfide) groups is 1. The molecule has 0 bridgehead atoms. The van der Waals surface area contributed by atoms with Crippen molar-refractivity contribution in [2.45, 2.75) is 50.6 Å². The van der Waals surface area contributed by atoms with Crippen LogP contribution in [0.15, 0.2) is 47.6 Å². The number of aryl methyl sites for hydroxylation is 3. The molecule has 2 N–H and O–H groups in total. The molecule has 1 aromatic heterocycles. The predicted molar refractivity (Wildman–Crippen MR) is 123 cm³/mol. The minimum atomic E-state index is -0.417. The third-order valence-electron chi connectivity index (χ3n) is 5.27. The molecule has 2 atom stereocenters. The summed E-state index contributed by atoms with van der Waals surface area (Å²) in [5.74, 6) is 1.58. The second kappa shape index (κ2) is 9.01. The molecule has 0 saturated carbocycles. The minimum absolute atomic E-state index is 0.0735. The van der Waals surface area contributed by atoms with Crippen LogP contribution in [0.3, 0.4) is 0 Å². The van der Waals surface area contributed by atoms with Gasteiger partial charge in [0.15, 0.2) is 5.82 Å². The first-order valence-electron chi connectivity index (χ1n) is 10.5. The zero-order valence-electron chi connectivity index (χ0n) is 18.2. The molecule has 1 aliphatic rings.